The van der Waals surface area contributed by atoms with Gasteiger partial charge in [-0.25, -0.2) is 18.4 Å². The molecule has 25 heavy (non-hydrogen) atoms. The van der Waals surface area contributed by atoms with Crippen molar-refractivity contribution in [3.8, 4) is 5.88 Å². The molecule has 1 aliphatic heterocycles. The van der Waals surface area contributed by atoms with Crippen LogP contribution < -0.4 is 4.74 Å². The second kappa shape index (κ2) is 7.09. The quantitative estimate of drug-likeness (QED) is 0.802. The molecule has 1 aliphatic rings. The fraction of sp³-hybridized carbons (Fsp3) is 0.562. The average molecular weight is 365 g/mol. The van der Waals surface area contributed by atoms with E-state index in [9.17, 15) is 8.42 Å². The second-order valence-electron chi connectivity index (χ2n) is 6.42. The molecule has 1 saturated heterocycles. The monoisotopic (exact) mass is 365 g/mol. The SMILES string of the molecule is Cc1nccc(OC2CCN(S(=O)(=O)c3cn(C(C)C)cn3)CC2)n1. The average Bonchev–Trinajstić information content (AvgIpc) is 3.06. The summed E-state index contributed by atoms with van der Waals surface area (Å²) in [5.41, 5.74) is 0. The first-order valence-corrected chi connectivity index (χ1v) is 9.80. The number of aryl methyl sites for hydroxylation is 1. The Hall–Kier alpha value is -2.00. The van der Waals surface area contributed by atoms with Gasteiger partial charge in [-0.1, -0.05) is 0 Å². The normalized spacial score (nSPS) is 17.1. The lowest BCUT2D eigenvalue weighted by Crippen LogP contribution is -2.41. The van der Waals surface area contributed by atoms with Crippen LogP contribution >= 0.6 is 0 Å². The maximum atomic E-state index is 12.7. The Morgan fingerprint density at radius 3 is 2.56 bits per heavy atom. The summed E-state index contributed by atoms with van der Waals surface area (Å²) in [6.07, 6.45) is 5.99. The highest BCUT2D eigenvalue weighted by atomic mass is 32.2. The smallest absolute Gasteiger partial charge is 0.262 e. The number of aromatic nitrogens is 4. The highest BCUT2D eigenvalue weighted by Crippen LogP contribution is 2.22. The van der Waals surface area contributed by atoms with Gasteiger partial charge in [0.1, 0.15) is 11.9 Å². The van der Waals surface area contributed by atoms with Crippen LogP contribution in [0.5, 0.6) is 5.88 Å². The first kappa shape index (κ1) is 17.8. The molecule has 0 saturated carbocycles. The largest absolute Gasteiger partial charge is 0.474 e. The van der Waals surface area contributed by atoms with Crippen molar-refractivity contribution in [3.05, 3.63) is 30.6 Å². The summed E-state index contributed by atoms with van der Waals surface area (Å²) < 4.78 is 34.6. The third kappa shape index (κ3) is 3.98. The molecule has 0 unspecified atom stereocenters. The van der Waals surface area contributed by atoms with Gasteiger partial charge < -0.3 is 9.30 Å². The van der Waals surface area contributed by atoms with E-state index < -0.39 is 10.0 Å². The Balaban J connectivity index is 1.62. The fourth-order valence-corrected chi connectivity index (χ4v) is 4.12. The van der Waals surface area contributed by atoms with Gasteiger partial charge in [-0.2, -0.15) is 9.29 Å². The van der Waals surface area contributed by atoms with Gasteiger partial charge in [0, 0.05) is 37.6 Å². The molecule has 0 bridgehead atoms. The first-order chi connectivity index (χ1) is 11.9. The number of nitrogens with zero attached hydrogens (tertiary/aromatic N) is 5. The summed E-state index contributed by atoms with van der Waals surface area (Å²) in [5, 5.41) is 0.104. The predicted octanol–water partition coefficient (Wildman–Crippen LogP) is 1.79. The molecule has 8 nitrogen and oxygen atoms in total. The van der Waals surface area contributed by atoms with Crippen LogP contribution in [0.25, 0.3) is 0 Å². The molecule has 0 aliphatic carbocycles. The van der Waals surface area contributed by atoms with E-state index in [1.54, 1.807) is 36.3 Å². The van der Waals surface area contributed by atoms with Crippen molar-refractivity contribution in [1.82, 2.24) is 23.8 Å². The lowest BCUT2D eigenvalue weighted by Gasteiger charge is -2.30. The molecule has 2 aromatic heterocycles. The number of hydrogen-bond donors (Lipinski definition) is 0. The standard InChI is InChI=1S/C16H23N5O3S/c1-12(2)20-10-16(18-11-20)25(22,23)21-8-5-14(6-9-21)24-15-4-7-17-13(3)19-15/h4,7,10-12,14H,5-6,8-9H2,1-3H3. The first-order valence-electron chi connectivity index (χ1n) is 8.36. The maximum Gasteiger partial charge on any atom is 0.262 e. The van der Waals surface area contributed by atoms with Crippen LogP contribution in [-0.4, -0.2) is 51.4 Å². The van der Waals surface area contributed by atoms with E-state index in [0.717, 1.165) is 0 Å². The molecule has 3 heterocycles. The van der Waals surface area contributed by atoms with Gasteiger partial charge in [0.05, 0.1) is 6.33 Å². The van der Waals surface area contributed by atoms with Gasteiger partial charge in [-0.3, -0.25) is 0 Å². The van der Waals surface area contributed by atoms with Crippen molar-refractivity contribution in [2.24, 2.45) is 0 Å². The van der Waals surface area contributed by atoms with E-state index in [4.69, 9.17) is 4.74 Å². The minimum absolute atomic E-state index is 0.0472. The minimum atomic E-state index is -3.56. The van der Waals surface area contributed by atoms with E-state index in [2.05, 4.69) is 15.0 Å². The van der Waals surface area contributed by atoms with E-state index in [-0.39, 0.29) is 17.2 Å². The topological polar surface area (TPSA) is 90.2 Å². The number of rotatable bonds is 5. The van der Waals surface area contributed by atoms with E-state index in [1.165, 1.54) is 4.31 Å². The Bertz CT molecular complexity index is 826. The summed E-state index contributed by atoms with van der Waals surface area (Å²) in [4.78, 5) is 12.3. The van der Waals surface area contributed by atoms with Crippen molar-refractivity contribution >= 4 is 10.0 Å². The predicted molar refractivity (Wildman–Crippen MR) is 91.8 cm³/mol. The number of piperidine rings is 1. The number of ether oxygens (including phenoxy) is 1. The zero-order chi connectivity index (χ0) is 18.0. The minimum Gasteiger partial charge on any atom is -0.474 e. The van der Waals surface area contributed by atoms with Crippen LogP contribution in [0.3, 0.4) is 0 Å². The molecule has 3 rings (SSSR count). The van der Waals surface area contributed by atoms with Crippen LogP contribution in [0.1, 0.15) is 38.6 Å². The van der Waals surface area contributed by atoms with E-state index in [1.807, 2.05) is 13.8 Å². The lowest BCUT2D eigenvalue weighted by atomic mass is 10.1. The van der Waals surface area contributed by atoms with E-state index in [0.29, 0.717) is 37.6 Å². The van der Waals surface area contributed by atoms with Gasteiger partial charge in [0.25, 0.3) is 10.0 Å². The number of sulfonamides is 1. The third-order valence-corrected chi connectivity index (χ3v) is 6.00. The van der Waals surface area contributed by atoms with Gasteiger partial charge in [0.15, 0.2) is 5.03 Å². The Morgan fingerprint density at radius 1 is 1.24 bits per heavy atom. The summed E-state index contributed by atoms with van der Waals surface area (Å²) in [6.45, 7) is 6.58. The highest BCUT2D eigenvalue weighted by molar-refractivity contribution is 7.89. The van der Waals surface area contributed by atoms with Gasteiger partial charge in [0.2, 0.25) is 5.88 Å². The molecule has 2 aromatic rings. The van der Waals surface area contributed by atoms with Crippen molar-refractivity contribution < 1.29 is 13.2 Å². The fourth-order valence-electron chi connectivity index (χ4n) is 2.73. The van der Waals surface area contributed by atoms with Crippen LogP contribution in [0.2, 0.25) is 0 Å². The number of hydrogen-bond acceptors (Lipinski definition) is 6. The van der Waals surface area contributed by atoms with Crippen molar-refractivity contribution in [2.75, 3.05) is 13.1 Å². The molecule has 0 N–H and O–H groups in total. The summed E-state index contributed by atoms with van der Waals surface area (Å²) >= 11 is 0. The molecule has 0 radical (unpaired) electrons. The lowest BCUT2D eigenvalue weighted by molar-refractivity contribution is 0.129. The molecule has 0 spiro atoms. The molecule has 0 aromatic carbocycles. The molecular formula is C16H23N5O3S. The Labute approximate surface area is 147 Å². The Kier molecular flexibility index (Phi) is 5.05. The summed E-state index contributed by atoms with van der Waals surface area (Å²) in [6, 6.07) is 1.89. The molecule has 0 atom stereocenters. The summed E-state index contributed by atoms with van der Waals surface area (Å²) in [7, 11) is -3.56. The molecule has 1 fully saturated rings. The molecule has 9 heteroatoms. The van der Waals surface area contributed by atoms with Gasteiger partial charge in [-0.15, -0.1) is 0 Å². The molecule has 0 amide bonds. The van der Waals surface area contributed by atoms with Crippen LogP contribution in [0, 0.1) is 6.92 Å². The zero-order valence-corrected chi connectivity index (χ0v) is 15.5. The number of imidazole rings is 1. The van der Waals surface area contributed by atoms with Crippen LogP contribution in [-0.2, 0) is 10.0 Å². The van der Waals surface area contributed by atoms with Crippen molar-refractivity contribution in [1.29, 1.82) is 0 Å². The maximum absolute atomic E-state index is 12.7. The van der Waals surface area contributed by atoms with E-state index >= 15 is 0 Å². The van der Waals surface area contributed by atoms with Gasteiger partial charge in [-0.05, 0) is 33.6 Å². The third-order valence-electron chi connectivity index (χ3n) is 4.22. The van der Waals surface area contributed by atoms with Crippen LogP contribution in [0.15, 0.2) is 29.8 Å². The molecule has 136 valence electrons. The highest BCUT2D eigenvalue weighted by Gasteiger charge is 2.32. The summed E-state index contributed by atoms with van der Waals surface area (Å²) in [5.74, 6) is 1.18. The zero-order valence-electron chi connectivity index (χ0n) is 14.7. The van der Waals surface area contributed by atoms with Crippen LogP contribution in [0.4, 0.5) is 0 Å². The van der Waals surface area contributed by atoms with Gasteiger partial charge >= 0.3 is 0 Å². The Morgan fingerprint density at radius 2 is 1.96 bits per heavy atom. The molecular weight excluding hydrogens is 342 g/mol. The van der Waals surface area contributed by atoms with Crippen molar-refractivity contribution in [3.63, 3.8) is 0 Å². The second-order valence-corrected chi connectivity index (χ2v) is 8.30. The van der Waals surface area contributed by atoms with Crippen molar-refractivity contribution in [2.45, 2.75) is 50.8 Å².